The quantitative estimate of drug-likeness (QED) is 0.873. The summed E-state index contributed by atoms with van der Waals surface area (Å²) in [6.45, 7) is 4.93. The summed E-state index contributed by atoms with van der Waals surface area (Å²) < 4.78 is 0. The van der Waals surface area contributed by atoms with Crippen molar-refractivity contribution in [2.75, 3.05) is 5.32 Å². The van der Waals surface area contributed by atoms with Gasteiger partial charge in [-0.1, -0.05) is 11.3 Å². The van der Waals surface area contributed by atoms with Crippen LogP contribution in [-0.2, 0) is 6.54 Å². The zero-order valence-electron chi connectivity index (χ0n) is 8.07. The molecular weight excluding hydrogens is 214 g/mol. The summed E-state index contributed by atoms with van der Waals surface area (Å²) in [5, 5.41) is 15.2. The standard InChI is InChI=1S/C9H11N3S2/c1-6-8(3-4-13-6)5-10-9-12-11-7(2)14-9/h3-4H,5H2,1-2H3,(H,10,12). The van der Waals surface area contributed by atoms with Gasteiger partial charge in [-0.15, -0.1) is 21.5 Å². The van der Waals surface area contributed by atoms with Crippen LogP contribution in [-0.4, -0.2) is 10.2 Å². The fourth-order valence-corrected chi connectivity index (χ4v) is 2.45. The molecule has 0 fully saturated rings. The Morgan fingerprint density at radius 3 is 2.79 bits per heavy atom. The average molecular weight is 225 g/mol. The lowest BCUT2D eigenvalue weighted by molar-refractivity contribution is 1.02. The molecule has 0 amide bonds. The molecule has 0 aliphatic heterocycles. The van der Waals surface area contributed by atoms with Crippen LogP contribution in [0.3, 0.4) is 0 Å². The Hall–Kier alpha value is -0.940. The van der Waals surface area contributed by atoms with Gasteiger partial charge in [-0.2, -0.15) is 0 Å². The van der Waals surface area contributed by atoms with Crippen molar-refractivity contribution in [3.63, 3.8) is 0 Å². The molecule has 0 unspecified atom stereocenters. The van der Waals surface area contributed by atoms with E-state index >= 15 is 0 Å². The largest absolute Gasteiger partial charge is 0.356 e. The van der Waals surface area contributed by atoms with Crippen LogP contribution < -0.4 is 5.32 Å². The zero-order chi connectivity index (χ0) is 9.97. The third-order valence-corrected chi connectivity index (χ3v) is 3.61. The first-order chi connectivity index (χ1) is 6.75. The molecule has 2 rings (SSSR count). The second-order valence-corrected chi connectivity index (χ2v) is 5.28. The first-order valence-electron chi connectivity index (χ1n) is 4.32. The van der Waals surface area contributed by atoms with Crippen LogP contribution in [0.1, 0.15) is 15.4 Å². The van der Waals surface area contributed by atoms with Crippen LogP contribution in [0.25, 0.3) is 0 Å². The van der Waals surface area contributed by atoms with Crippen LogP contribution in [0, 0.1) is 13.8 Å². The molecule has 2 aromatic heterocycles. The summed E-state index contributed by atoms with van der Waals surface area (Å²) in [5.41, 5.74) is 1.34. The van der Waals surface area contributed by atoms with Gasteiger partial charge in [0.15, 0.2) is 0 Å². The molecule has 3 nitrogen and oxygen atoms in total. The van der Waals surface area contributed by atoms with E-state index in [2.05, 4.69) is 33.9 Å². The summed E-state index contributed by atoms with van der Waals surface area (Å²) in [5.74, 6) is 0. The molecule has 0 aliphatic carbocycles. The number of aryl methyl sites for hydroxylation is 2. The van der Waals surface area contributed by atoms with Gasteiger partial charge < -0.3 is 5.32 Å². The second-order valence-electron chi connectivity index (χ2n) is 2.98. The fraction of sp³-hybridized carbons (Fsp3) is 0.333. The highest BCUT2D eigenvalue weighted by atomic mass is 32.1. The topological polar surface area (TPSA) is 37.8 Å². The van der Waals surface area contributed by atoms with Crippen LogP contribution in [0.15, 0.2) is 11.4 Å². The minimum Gasteiger partial charge on any atom is -0.356 e. The maximum absolute atomic E-state index is 4.01. The zero-order valence-corrected chi connectivity index (χ0v) is 9.71. The van der Waals surface area contributed by atoms with Gasteiger partial charge in [0.05, 0.1) is 0 Å². The monoisotopic (exact) mass is 225 g/mol. The Morgan fingerprint density at radius 1 is 1.36 bits per heavy atom. The molecule has 0 saturated heterocycles. The summed E-state index contributed by atoms with van der Waals surface area (Å²) in [6.07, 6.45) is 0. The lowest BCUT2D eigenvalue weighted by atomic mass is 10.3. The molecule has 0 aromatic carbocycles. The van der Waals surface area contributed by atoms with Crippen LogP contribution in [0.5, 0.6) is 0 Å². The van der Waals surface area contributed by atoms with E-state index in [1.807, 2.05) is 6.92 Å². The number of nitrogens with zero attached hydrogens (tertiary/aromatic N) is 2. The average Bonchev–Trinajstić information content (AvgIpc) is 2.72. The molecule has 5 heteroatoms. The van der Waals surface area contributed by atoms with E-state index in [1.165, 1.54) is 10.4 Å². The van der Waals surface area contributed by atoms with Gasteiger partial charge in [0.25, 0.3) is 0 Å². The van der Waals surface area contributed by atoms with E-state index in [4.69, 9.17) is 0 Å². The van der Waals surface area contributed by atoms with Gasteiger partial charge >= 0.3 is 0 Å². The number of hydrogen-bond acceptors (Lipinski definition) is 5. The maximum Gasteiger partial charge on any atom is 0.205 e. The minimum atomic E-state index is 0.837. The molecule has 14 heavy (non-hydrogen) atoms. The molecule has 0 spiro atoms. The first kappa shape index (κ1) is 9.61. The van der Waals surface area contributed by atoms with Crippen molar-refractivity contribution in [3.05, 3.63) is 26.9 Å². The van der Waals surface area contributed by atoms with Gasteiger partial charge in [-0.25, -0.2) is 0 Å². The molecule has 2 heterocycles. The Kier molecular flexibility index (Phi) is 2.79. The number of rotatable bonds is 3. The molecule has 1 N–H and O–H groups in total. The molecule has 0 bridgehead atoms. The van der Waals surface area contributed by atoms with Crippen molar-refractivity contribution in [2.45, 2.75) is 20.4 Å². The number of aromatic nitrogens is 2. The third-order valence-electron chi connectivity index (χ3n) is 1.92. The smallest absolute Gasteiger partial charge is 0.205 e. The summed E-state index contributed by atoms with van der Waals surface area (Å²) in [7, 11) is 0. The molecule has 2 aromatic rings. The van der Waals surface area contributed by atoms with E-state index in [0.717, 1.165) is 16.7 Å². The maximum atomic E-state index is 4.01. The van der Waals surface area contributed by atoms with Crippen LogP contribution in [0.2, 0.25) is 0 Å². The van der Waals surface area contributed by atoms with Gasteiger partial charge in [0, 0.05) is 11.4 Å². The van der Waals surface area contributed by atoms with E-state index < -0.39 is 0 Å². The highest BCUT2D eigenvalue weighted by Gasteiger charge is 2.02. The predicted octanol–water partition coefficient (Wildman–Crippen LogP) is 2.83. The lowest BCUT2D eigenvalue weighted by Crippen LogP contribution is -1.98. The van der Waals surface area contributed by atoms with Gasteiger partial charge in [-0.05, 0) is 30.9 Å². The summed E-state index contributed by atoms with van der Waals surface area (Å²) in [6, 6.07) is 2.14. The fourth-order valence-electron chi connectivity index (χ4n) is 1.13. The molecular formula is C9H11N3S2. The summed E-state index contributed by atoms with van der Waals surface area (Å²) >= 11 is 3.36. The Morgan fingerprint density at radius 2 is 2.21 bits per heavy atom. The van der Waals surface area contributed by atoms with Crippen molar-refractivity contribution < 1.29 is 0 Å². The number of hydrogen-bond donors (Lipinski definition) is 1. The van der Waals surface area contributed by atoms with E-state index in [0.29, 0.717) is 0 Å². The lowest BCUT2D eigenvalue weighted by Gasteiger charge is -2.00. The highest BCUT2D eigenvalue weighted by molar-refractivity contribution is 7.15. The molecule has 0 aliphatic rings. The van der Waals surface area contributed by atoms with E-state index in [9.17, 15) is 0 Å². The number of thiophene rings is 1. The molecule has 0 atom stereocenters. The predicted molar refractivity (Wildman–Crippen MR) is 61.0 cm³/mol. The van der Waals surface area contributed by atoms with E-state index in [1.54, 1.807) is 22.7 Å². The van der Waals surface area contributed by atoms with Gasteiger partial charge in [0.2, 0.25) is 5.13 Å². The third kappa shape index (κ3) is 2.10. The molecule has 0 radical (unpaired) electrons. The van der Waals surface area contributed by atoms with Crippen molar-refractivity contribution >= 4 is 27.8 Å². The second kappa shape index (κ2) is 4.06. The van der Waals surface area contributed by atoms with Crippen molar-refractivity contribution in [1.82, 2.24) is 10.2 Å². The Bertz CT molecular complexity index is 419. The molecule has 74 valence electrons. The van der Waals surface area contributed by atoms with E-state index in [-0.39, 0.29) is 0 Å². The Labute approximate surface area is 90.8 Å². The summed E-state index contributed by atoms with van der Waals surface area (Å²) in [4.78, 5) is 1.36. The normalized spacial score (nSPS) is 10.4. The van der Waals surface area contributed by atoms with Gasteiger partial charge in [-0.3, -0.25) is 0 Å². The van der Waals surface area contributed by atoms with Gasteiger partial charge in [0.1, 0.15) is 5.01 Å². The minimum absolute atomic E-state index is 0.837. The van der Waals surface area contributed by atoms with Crippen molar-refractivity contribution in [2.24, 2.45) is 0 Å². The van der Waals surface area contributed by atoms with Crippen LogP contribution in [0.4, 0.5) is 5.13 Å². The first-order valence-corrected chi connectivity index (χ1v) is 6.02. The SMILES string of the molecule is Cc1nnc(NCc2ccsc2C)s1. The van der Waals surface area contributed by atoms with Crippen molar-refractivity contribution in [1.29, 1.82) is 0 Å². The Balaban J connectivity index is 1.98. The molecule has 0 saturated carbocycles. The van der Waals surface area contributed by atoms with Crippen molar-refractivity contribution in [3.8, 4) is 0 Å². The highest BCUT2D eigenvalue weighted by Crippen LogP contribution is 2.18. The number of nitrogens with one attached hydrogen (secondary N) is 1. The number of anilines is 1. The van der Waals surface area contributed by atoms with Crippen LogP contribution >= 0.6 is 22.7 Å².